The Hall–Kier alpha value is -1.54. The molecule has 18 heavy (non-hydrogen) atoms. The van der Waals surface area contributed by atoms with Crippen molar-refractivity contribution in [2.45, 2.75) is 30.9 Å². The summed E-state index contributed by atoms with van der Waals surface area (Å²) in [6.45, 7) is 1.37. The van der Waals surface area contributed by atoms with Crippen LogP contribution in [0, 0.1) is 0 Å². The average Bonchev–Trinajstić information content (AvgIpc) is 2.77. The van der Waals surface area contributed by atoms with Crippen molar-refractivity contribution in [2.24, 2.45) is 0 Å². The van der Waals surface area contributed by atoms with Crippen molar-refractivity contribution in [2.75, 3.05) is 19.8 Å². The molecule has 1 aromatic rings. The van der Waals surface area contributed by atoms with Gasteiger partial charge in [-0.3, -0.25) is 0 Å². The summed E-state index contributed by atoms with van der Waals surface area (Å²) in [4.78, 5) is 11.4. The molecular formula is C10H14N4O4. The molecule has 3 rings (SSSR count). The maximum atomic E-state index is 11.4. The van der Waals surface area contributed by atoms with Crippen LogP contribution in [0.3, 0.4) is 0 Å². The van der Waals surface area contributed by atoms with E-state index in [4.69, 9.17) is 9.47 Å². The van der Waals surface area contributed by atoms with Crippen molar-refractivity contribution in [3.63, 3.8) is 0 Å². The van der Waals surface area contributed by atoms with Crippen molar-refractivity contribution in [1.29, 1.82) is 0 Å². The number of carboxylic acid groups (broad SMARTS) is 1. The second kappa shape index (κ2) is 4.29. The van der Waals surface area contributed by atoms with E-state index in [2.05, 4.69) is 15.5 Å². The summed E-state index contributed by atoms with van der Waals surface area (Å²) in [5.74, 6) is -0.448. The van der Waals surface area contributed by atoms with Gasteiger partial charge in [0.2, 0.25) is 0 Å². The molecule has 1 saturated heterocycles. The molecule has 0 aromatic carbocycles. The normalized spacial score (nSPS) is 26.6. The van der Waals surface area contributed by atoms with Crippen LogP contribution in [0.1, 0.15) is 31.2 Å². The van der Waals surface area contributed by atoms with Gasteiger partial charge in [0.15, 0.2) is 11.4 Å². The third-order valence-electron chi connectivity index (χ3n) is 3.58. The molecule has 1 aromatic heterocycles. The van der Waals surface area contributed by atoms with E-state index >= 15 is 0 Å². The number of rotatable bonds is 3. The Morgan fingerprint density at radius 2 is 2.28 bits per heavy atom. The quantitative estimate of drug-likeness (QED) is 0.792. The van der Waals surface area contributed by atoms with Crippen molar-refractivity contribution in [3.8, 4) is 0 Å². The molecule has 0 spiro atoms. The fraction of sp³-hybridized carbons (Fsp3) is 0.800. The molecule has 2 aliphatic rings. The summed E-state index contributed by atoms with van der Waals surface area (Å²) in [6.07, 6.45) is 1.58. The number of nitrogens with zero attached hydrogens (tertiary/aromatic N) is 4. The van der Waals surface area contributed by atoms with Crippen LogP contribution in [-0.2, 0) is 19.8 Å². The van der Waals surface area contributed by atoms with Gasteiger partial charge in [0.05, 0.1) is 19.8 Å². The predicted octanol–water partition coefficient (Wildman–Crippen LogP) is -0.275. The van der Waals surface area contributed by atoms with E-state index in [0.717, 1.165) is 6.42 Å². The first-order chi connectivity index (χ1) is 8.74. The van der Waals surface area contributed by atoms with Crippen LogP contribution in [0.25, 0.3) is 0 Å². The smallest absolute Gasteiger partial charge is 0.331 e. The lowest BCUT2D eigenvalue weighted by atomic mass is 9.77. The van der Waals surface area contributed by atoms with Crippen molar-refractivity contribution < 1.29 is 19.4 Å². The monoisotopic (exact) mass is 254 g/mol. The molecule has 8 nitrogen and oxygen atoms in total. The van der Waals surface area contributed by atoms with Gasteiger partial charge in [0.1, 0.15) is 6.10 Å². The van der Waals surface area contributed by atoms with Gasteiger partial charge in [0, 0.05) is 0 Å². The summed E-state index contributed by atoms with van der Waals surface area (Å²) >= 11 is 0. The standard InChI is InChI=1S/C10H14N4O4/c15-9(16)10(2-1-3-10)14-8(11-12-13-14)7-6-17-4-5-18-7/h7H,1-6H2,(H,15,16). The molecule has 0 radical (unpaired) electrons. The molecule has 2 fully saturated rings. The number of aromatic nitrogens is 4. The Kier molecular flexibility index (Phi) is 2.75. The first-order valence-corrected chi connectivity index (χ1v) is 5.95. The molecule has 1 aliphatic carbocycles. The summed E-state index contributed by atoms with van der Waals surface area (Å²) in [5.41, 5.74) is -1.00. The first-order valence-electron chi connectivity index (χ1n) is 5.95. The highest BCUT2D eigenvalue weighted by molar-refractivity contribution is 5.77. The third kappa shape index (κ3) is 1.60. The van der Waals surface area contributed by atoms with Crippen LogP contribution >= 0.6 is 0 Å². The number of ether oxygens (including phenoxy) is 2. The van der Waals surface area contributed by atoms with E-state index in [1.54, 1.807) is 0 Å². The zero-order chi connectivity index (χ0) is 12.6. The molecule has 98 valence electrons. The minimum atomic E-state index is -1.00. The Balaban J connectivity index is 1.93. The van der Waals surface area contributed by atoms with Gasteiger partial charge in [-0.15, -0.1) is 5.10 Å². The lowest BCUT2D eigenvalue weighted by Crippen LogP contribution is -2.50. The van der Waals surface area contributed by atoms with Crippen LogP contribution in [0.4, 0.5) is 0 Å². The number of aliphatic carboxylic acids is 1. The highest BCUT2D eigenvalue weighted by Gasteiger charge is 2.49. The van der Waals surface area contributed by atoms with E-state index in [9.17, 15) is 9.90 Å². The van der Waals surface area contributed by atoms with Crippen molar-refractivity contribution >= 4 is 5.97 Å². The van der Waals surface area contributed by atoms with Gasteiger partial charge in [-0.05, 0) is 29.7 Å². The number of hydrogen-bond acceptors (Lipinski definition) is 6. The largest absolute Gasteiger partial charge is 0.479 e. The molecule has 1 unspecified atom stereocenters. The molecular weight excluding hydrogens is 240 g/mol. The number of carboxylic acids is 1. The molecule has 1 aliphatic heterocycles. The summed E-state index contributed by atoms with van der Waals surface area (Å²) in [5, 5.41) is 20.7. The van der Waals surface area contributed by atoms with E-state index in [-0.39, 0.29) is 6.10 Å². The first kappa shape index (κ1) is 11.5. The highest BCUT2D eigenvalue weighted by Crippen LogP contribution is 2.40. The van der Waals surface area contributed by atoms with Crippen molar-refractivity contribution in [3.05, 3.63) is 5.82 Å². The maximum Gasteiger partial charge on any atom is 0.331 e. The molecule has 0 bridgehead atoms. The van der Waals surface area contributed by atoms with Crippen LogP contribution in [0.5, 0.6) is 0 Å². The van der Waals surface area contributed by atoms with Gasteiger partial charge in [0.25, 0.3) is 0 Å². The Bertz CT molecular complexity index is 450. The fourth-order valence-electron chi connectivity index (χ4n) is 2.36. The van der Waals surface area contributed by atoms with Gasteiger partial charge >= 0.3 is 5.97 Å². The zero-order valence-corrected chi connectivity index (χ0v) is 9.78. The Labute approximate surface area is 103 Å². The van der Waals surface area contributed by atoms with Crippen LogP contribution < -0.4 is 0 Å². The molecule has 1 saturated carbocycles. The molecule has 2 heterocycles. The number of hydrogen-bond donors (Lipinski definition) is 1. The minimum absolute atomic E-state index is 0.357. The third-order valence-corrected chi connectivity index (χ3v) is 3.58. The summed E-state index contributed by atoms with van der Waals surface area (Å²) in [6, 6.07) is 0. The average molecular weight is 254 g/mol. The molecule has 1 atom stereocenters. The van der Waals surface area contributed by atoms with Gasteiger partial charge in [-0.1, -0.05) is 0 Å². The number of tetrazole rings is 1. The highest BCUT2D eigenvalue weighted by atomic mass is 16.6. The van der Waals surface area contributed by atoms with Gasteiger partial charge < -0.3 is 14.6 Å². The second-order valence-corrected chi connectivity index (χ2v) is 4.57. The molecule has 0 amide bonds. The second-order valence-electron chi connectivity index (χ2n) is 4.57. The molecule has 1 N–H and O–H groups in total. The van der Waals surface area contributed by atoms with Crippen LogP contribution in [0.15, 0.2) is 0 Å². The van der Waals surface area contributed by atoms with Crippen LogP contribution in [0.2, 0.25) is 0 Å². The fourth-order valence-corrected chi connectivity index (χ4v) is 2.36. The lowest BCUT2D eigenvalue weighted by Gasteiger charge is -2.38. The zero-order valence-electron chi connectivity index (χ0n) is 9.78. The lowest BCUT2D eigenvalue weighted by molar-refractivity contribution is -0.154. The summed E-state index contributed by atoms with van der Waals surface area (Å²) in [7, 11) is 0. The minimum Gasteiger partial charge on any atom is -0.479 e. The Morgan fingerprint density at radius 3 is 2.83 bits per heavy atom. The van der Waals surface area contributed by atoms with Gasteiger partial charge in [-0.2, -0.15) is 0 Å². The van der Waals surface area contributed by atoms with E-state index in [1.165, 1.54) is 4.68 Å². The van der Waals surface area contributed by atoms with Crippen molar-refractivity contribution in [1.82, 2.24) is 20.2 Å². The summed E-state index contributed by atoms with van der Waals surface area (Å²) < 4.78 is 12.2. The predicted molar refractivity (Wildman–Crippen MR) is 56.8 cm³/mol. The molecule has 8 heteroatoms. The number of carbonyl (C=O) groups is 1. The van der Waals surface area contributed by atoms with E-state index < -0.39 is 11.5 Å². The van der Waals surface area contributed by atoms with Gasteiger partial charge in [-0.25, -0.2) is 9.48 Å². The van der Waals surface area contributed by atoms with E-state index in [0.29, 0.717) is 38.5 Å². The SMILES string of the molecule is O=C(O)C1(n2nnnc2C2COCCO2)CCC1. The van der Waals surface area contributed by atoms with Crippen LogP contribution in [-0.4, -0.2) is 51.1 Å². The maximum absolute atomic E-state index is 11.4. The Morgan fingerprint density at radius 1 is 1.44 bits per heavy atom. The van der Waals surface area contributed by atoms with E-state index in [1.807, 2.05) is 0 Å². The topological polar surface area (TPSA) is 99.4 Å².